The first-order chi connectivity index (χ1) is 11.8. The molecule has 0 saturated heterocycles. The molecule has 0 bridgehead atoms. The SMILES string of the molecule is CCC(C(=O)NCCC(CCO)c1ccccc1)c1ccccc1. The molecule has 0 aliphatic heterocycles. The lowest BCUT2D eigenvalue weighted by Crippen LogP contribution is -2.30. The Morgan fingerprint density at radius 2 is 1.54 bits per heavy atom. The Morgan fingerprint density at radius 1 is 0.958 bits per heavy atom. The van der Waals surface area contributed by atoms with Gasteiger partial charge in [0.25, 0.3) is 0 Å². The van der Waals surface area contributed by atoms with Crippen LogP contribution in [-0.2, 0) is 4.79 Å². The summed E-state index contributed by atoms with van der Waals surface area (Å²) < 4.78 is 0. The Balaban J connectivity index is 1.90. The van der Waals surface area contributed by atoms with Crippen LogP contribution in [0.1, 0.15) is 49.1 Å². The molecule has 0 fully saturated rings. The lowest BCUT2D eigenvalue weighted by atomic mass is 9.92. The highest BCUT2D eigenvalue weighted by molar-refractivity contribution is 5.83. The maximum Gasteiger partial charge on any atom is 0.227 e. The molecule has 0 aromatic heterocycles. The molecule has 0 aliphatic carbocycles. The van der Waals surface area contributed by atoms with E-state index in [4.69, 9.17) is 0 Å². The number of aliphatic hydroxyl groups excluding tert-OH is 1. The highest BCUT2D eigenvalue weighted by atomic mass is 16.3. The van der Waals surface area contributed by atoms with E-state index in [-0.39, 0.29) is 24.3 Å². The van der Waals surface area contributed by atoms with Gasteiger partial charge in [-0.15, -0.1) is 0 Å². The zero-order chi connectivity index (χ0) is 17.2. The fraction of sp³-hybridized carbons (Fsp3) is 0.381. The predicted molar refractivity (Wildman–Crippen MR) is 98.0 cm³/mol. The lowest BCUT2D eigenvalue weighted by Gasteiger charge is -2.19. The molecule has 3 heteroatoms. The third-order valence-corrected chi connectivity index (χ3v) is 4.47. The quantitative estimate of drug-likeness (QED) is 0.735. The van der Waals surface area contributed by atoms with Crippen LogP contribution in [0.2, 0.25) is 0 Å². The summed E-state index contributed by atoms with van der Waals surface area (Å²) >= 11 is 0. The van der Waals surface area contributed by atoms with Gasteiger partial charge < -0.3 is 10.4 Å². The van der Waals surface area contributed by atoms with E-state index < -0.39 is 0 Å². The number of amides is 1. The van der Waals surface area contributed by atoms with Crippen molar-refractivity contribution in [3.05, 3.63) is 71.8 Å². The fourth-order valence-electron chi connectivity index (χ4n) is 3.11. The van der Waals surface area contributed by atoms with E-state index in [0.717, 1.165) is 24.8 Å². The van der Waals surface area contributed by atoms with Crippen molar-refractivity contribution in [2.45, 2.75) is 38.0 Å². The van der Waals surface area contributed by atoms with Crippen molar-refractivity contribution in [3.8, 4) is 0 Å². The maximum atomic E-state index is 12.5. The van der Waals surface area contributed by atoms with E-state index in [1.54, 1.807) is 0 Å². The van der Waals surface area contributed by atoms with Crippen LogP contribution in [0.5, 0.6) is 0 Å². The third-order valence-electron chi connectivity index (χ3n) is 4.47. The van der Waals surface area contributed by atoms with Gasteiger partial charge in [0.1, 0.15) is 0 Å². The van der Waals surface area contributed by atoms with Gasteiger partial charge in [0.2, 0.25) is 5.91 Å². The van der Waals surface area contributed by atoms with E-state index in [0.29, 0.717) is 6.54 Å². The summed E-state index contributed by atoms with van der Waals surface area (Å²) in [5.74, 6) is 0.257. The molecule has 0 radical (unpaired) electrons. The van der Waals surface area contributed by atoms with E-state index in [9.17, 15) is 9.90 Å². The van der Waals surface area contributed by atoms with Gasteiger partial charge >= 0.3 is 0 Å². The maximum absolute atomic E-state index is 12.5. The van der Waals surface area contributed by atoms with Crippen LogP contribution in [0, 0.1) is 0 Å². The van der Waals surface area contributed by atoms with Crippen LogP contribution >= 0.6 is 0 Å². The molecule has 3 nitrogen and oxygen atoms in total. The minimum atomic E-state index is -0.0979. The van der Waals surface area contributed by atoms with Gasteiger partial charge in [0, 0.05) is 13.2 Å². The summed E-state index contributed by atoms with van der Waals surface area (Å²) in [4.78, 5) is 12.5. The van der Waals surface area contributed by atoms with Crippen molar-refractivity contribution < 1.29 is 9.90 Å². The number of hydrogen-bond donors (Lipinski definition) is 2. The standard InChI is InChI=1S/C21H27NO2/c1-2-20(19-11-7-4-8-12-19)21(24)22-15-13-18(14-16-23)17-9-5-3-6-10-17/h3-12,18,20,23H,2,13-16H2,1H3,(H,22,24). The molecule has 128 valence electrons. The zero-order valence-electron chi connectivity index (χ0n) is 14.3. The second-order valence-corrected chi connectivity index (χ2v) is 6.07. The van der Waals surface area contributed by atoms with Crippen molar-refractivity contribution in [1.29, 1.82) is 0 Å². The van der Waals surface area contributed by atoms with E-state index in [2.05, 4.69) is 17.4 Å². The molecule has 2 N–H and O–H groups in total. The van der Waals surface area contributed by atoms with Gasteiger partial charge in [0.15, 0.2) is 0 Å². The van der Waals surface area contributed by atoms with Crippen LogP contribution in [0.15, 0.2) is 60.7 Å². The zero-order valence-corrected chi connectivity index (χ0v) is 14.3. The highest BCUT2D eigenvalue weighted by Crippen LogP contribution is 2.23. The Morgan fingerprint density at radius 3 is 2.08 bits per heavy atom. The Kier molecular flexibility index (Phi) is 7.50. The molecule has 0 saturated carbocycles. The van der Waals surface area contributed by atoms with Crippen molar-refractivity contribution >= 4 is 5.91 Å². The van der Waals surface area contributed by atoms with Gasteiger partial charge in [-0.2, -0.15) is 0 Å². The first kappa shape index (κ1) is 18.2. The van der Waals surface area contributed by atoms with Crippen LogP contribution in [-0.4, -0.2) is 24.2 Å². The molecule has 0 heterocycles. The van der Waals surface area contributed by atoms with Gasteiger partial charge in [0.05, 0.1) is 5.92 Å². The second-order valence-electron chi connectivity index (χ2n) is 6.07. The number of nitrogens with one attached hydrogen (secondary N) is 1. The average molecular weight is 325 g/mol. The fourth-order valence-corrected chi connectivity index (χ4v) is 3.11. The van der Waals surface area contributed by atoms with E-state index in [1.807, 2.05) is 55.5 Å². The van der Waals surface area contributed by atoms with Crippen molar-refractivity contribution in [1.82, 2.24) is 5.32 Å². The van der Waals surface area contributed by atoms with Crippen molar-refractivity contribution in [2.75, 3.05) is 13.2 Å². The number of hydrogen-bond acceptors (Lipinski definition) is 2. The molecule has 0 spiro atoms. The molecule has 0 aliphatic rings. The summed E-state index contributed by atoms with van der Waals surface area (Å²) in [6, 6.07) is 20.1. The molecule has 2 unspecified atom stereocenters. The third kappa shape index (κ3) is 5.20. The summed E-state index contributed by atoms with van der Waals surface area (Å²) in [5, 5.41) is 12.4. The monoisotopic (exact) mass is 325 g/mol. The number of benzene rings is 2. The predicted octanol–water partition coefficient (Wildman–Crippen LogP) is 3.85. The molecule has 2 atom stereocenters. The van der Waals surface area contributed by atoms with Crippen LogP contribution < -0.4 is 5.32 Å². The second kappa shape index (κ2) is 9.89. The lowest BCUT2D eigenvalue weighted by molar-refractivity contribution is -0.122. The largest absolute Gasteiger partial charge is 0.396 e. The molecular weight excluding hydrogens is 298 g/mol. The van der Waals surface area contributed by atoms with Crippen LogP contribution in [0.4, 0.5) is 0 Å². The van der Waals surface area contributed by atoms with Gasteiger partial charge in [-0.3, -0.25) is 4.79 Å². The number of rotatable bonds is 9. The summed E-state index contributed by atoms with van der Waals surface area (Å²) in [5.41, 5.74) is 2.28. The van der Waals surface area contributed by atoms with Crippen LogP contribution in [0.3, 0.4) is 0 Å². The first-order valence-corrected chi connectivity index (χ1v) is 8.74. The van der Waals surface area contributed by atoms with E-state index >= 15 is 0 Å². The molecule has 24 heavy (non-hydrogen) atoms. The molecular formula is C21H27NO2. The normalized spacial score (nSPS) is 13.2. The Labute approximate surface area is 144 Å². The summed E-state index contributed by atoms with van der Waals surface area (Å²) in [6.45, 7) is 2.83. The van der Waals surface area contributed by atoms with E-state index in [1.165, 1.54) is 5.56 Å². The topological polar surface area (TPSA) is 49.3 Å². The van der Waals surface area contributed by atoms with Crippen molar-refractivity contribution in [2.24, 2.45) is 0 Å². The summed E-state index contributed by atoms with van der Waals surface area (Å²) in [6.07, 6.45) is 2.34. The Bertz CT molecular complexity index is 598. The minimum absolute atomic E-state index is 0.0829. The average Bonchev–Trinajstić information content (AvgIpc) is 2.63. The van der Waals surface area contributed by atoms with Crippen molar-refractivity contribution in [3.63, 3.8) is 0 Å². The number of carbonyl (C=O) groups is 1. The smallest absolute Gasteiger partial charge is 0.227 e. The highest BCUT2D eigenvalue weighted by Gasteiger charge is 2.18. The van der Waals surface area contributed by atoms with Gasteiger partial charge in [-0.25, -0.2) is 0 Å². The number of aliphatic hydroxyl groups is 1. The minimum Gasteiger partial charge on any atom is -0.396 e. The van der Waals surface area contributed by atoms with Gasteiger partial charge in [-0.05, 0) is 36.3 Å². The molecule has 1 amide bonds. The molecule has 2 aromatic carbocycles. The molecule has 2 rings (SSSR count). The van der Waals surface area contributed by atoms with Gasteiger partial charge in [-0.1, -0.05) is 67.6 Å². The number of carbonyl (C=O) groups excluding carboxylic acids is 1. The van der Waals surface area contributed by atoms with Crippen LogP contribution in [0.25, 0.3) is 0 Å². The molecule has 2 aromatic rings. The first-order valence-electron chi connectivity index (χ1n) is 8.74. The Hall–Kier alpha value is -2.13. The summed E-state index contributed by atoms with van der Waals surface area (Å²) in [7, 11) is 0.